The molecule has 0 unspecified atom stereocenters. The highest BCUT2D eigenvalue weighted by Crippen LogP contribution is 2.14. The Bertz CT molecular complexity index is 531. The zero-order valence-electron chi connectivity index (χ0n) is 10.8. The minimum absolute atomic E-state index is 0.253. The molecule has 4 heteroatoms. The number of H-pyrrole nitrogens is 1. The van der Waals surface area contributed by atoms with Crippen LogP contribution in [0.1, 0.15) is 16.8 Å². The molecule has 96 valence electrons. The van der Waals surface area contributed by atoms with Crippen LogP contribution in [-0.2, 0) is 4.74 Å². The summed E-state index contributed by atoms with van der Waals surface area (Å²) < 4.78 is 5.23. The van der Waals surface area contributed by atoms with Crippen LogP contribution in [0, 0.1) is 0 Å². The van der Waals surface area contributed by atoms with E-state index in [0.717, 1.165) is 23.9 Å². The number of hydrogen-bond donors (Lipinski definition) is 1. The van der Waals surface area contributed by atoms with Crippen molar-refractivity contribution in [3.05, 3.63) is 36.0 Å². The summed E-state index contributed by atoms with van der Waals surface area (Å²) in [6.07, 6.45) is 2.71. The fourth-order valence-electron chi connectivity index (χ4n) is 1.81. The molecule has 0 fully saturated rings. The maximum Gasteiger partial charge on any atom is 0.338 e. The number of fused-ring (bicyclic) bond motifs is 1. The molecule has 1 aromatic heterocycles. The van der Waals surface area contributed by atoms with Crippen molar-refractivity contribution in [2.45, 2.75) is 6.42 Å². The quantitative estimate of drug-likeness (QED) is 0.650. The Morgan fingerprint density at radius 3 is 2.94 bits per heavy atom. The van der Waals surface area contributed by atoms with E-state index in [4.69, 9.17) is 4.74 Å². The highest BCUT2D eigenvalue weighted by molar-refractivity contribution is 5.94. The zero-order valence-corrected chi connectivity index (χ0v) is 10.8. The van der Waals surface area contributed by atoms with Gasteiger partial charge in [0.2, 0.25) is 0 Å². The summed E-state index contributed by atoms with van der Waals surface area (Å²) in [5.41, 5.74) is 1.63. The first-order valence-electron chi connectivity index (χ1n) is 6.06. The van der Waals surface area contributed by atoms with Crippen LogP contribution >= 0.6 is 0 Å². The number of aromatic nitrogens is 1. The molecule has 2 aromatic rings. The van der Waals surface area contributed by atoms with Gasteiger partial charge in [-0.2, -0.15) is 0 Å². The second kappa shape index (κ2) is 5.69. The summed E-state index contributed by atoms with van der Waals surface area (Å²) in [4.78, 5) is 17.0. The van der Waals surface area contributed by atoms with Gasteiger partial charge >= 0.3 is 5.97 Å². The van der Waals surface area contributed by atoms with E-state index in [-0.39, 0.29) is 5.97 Å². The lowest BCUT2D eigenvalue weighted by Crippen LogP contribution is -2.16. The number of hydrogen-bond acceptors (Lipinski definition) is 3. The topological polar surface area (TPSA) is 45.3 Å². The third kappa shape index (κ3) is 3.11. The van der Waals surface area contributed by atoms with E-state index in [1.54, 1.807) is 6.07 Å². The molecule has 1 N–H and O–H groups in total. The third-order valence-corrected chi connectivity index (χ3v) is 2.77. The Morgan fingerprint density at radius 2 is 2.17 bits per heavy atom. The van der Waals surface area contributed by atoms with Crippen molar-refractivity contribution in [3.63, 3.8) is 0 Å². The molecule has 0 radical (unpaired) electrons. The number of ether oxygens (including phenoxy) is 1. The molecule has 2 rings (SSSR count). The second-order valence-electron chi connectivity index (χ2n) is 4.57. The van der Waals surface area contributed by atoms with Crippen LogP contribution in [0.2, 0.25) is 0 Å². The van der Waals surface area contributed by atoms with E-state index in [9.17, 15) is 4.79 Å². The van der Waals surface area contributed by atoms with Crippen LogP contribution in [0.3, 0.4) is 0 Å². The first-order valence-corrected chi connectivity index (χ1v) is 6.06. The van der Waals surface area contributed by atoms with Crippen LogP contribution in [0.5, 0.6) is 0 Å². The van der Waals surface area contributed by atoms with Crippen molar-refractivity contribution in [2.24, 2.45) is 0 Å². The minimum atomic E-state index is -0.253. The van der Waals surface area contributed by atoms with Crippen molar-refractivity contribution in [2.75, 3.05) is 27.2 Å². The van der Waals surface area contributed by atoms with E-state index in [1.165, 1.54) is 0 Å². The smallest absolute Gasteiger partial charge is 0.338 e. The van der Waals surface area contributed by atoms with Gasteiger partial charge in [-0.05, 0) is 44.8 Å². The number of aromatic amines is 1. The number of rotatable bonds is 5. The molecule has 0 bridgehead atoms. The van der Waals surface area contributed by atoms with Gasteiger partial charge in [-0.15, -0.1) is 0 Å². The first kappa shape index (κ1) is 12.6. The van der Waals surface area contributed by atoms with Crippen LogP contribution in [-0.4, -0.2) is 43.1 Å². The summed E-state index contributed by atoms with van der Waals surface area (Å²) in [7, 11) is 4.00. The minimum Gasteiger partial charge on any atom is -0.462 e. The van der Waals surface area contributed by atoms with Gasteiger partial charge in [-0.25, -0.2) is 4.79 Å². The van der Waals surface area contributed by atoms with Gasteiger partial charge in [0.25, 0.3) is 0 Å². The molecule has 0 saturated heterocycles. The lowest BCUT2D eigenvalue weighted by atomic mass is 10.1. The van der Waals surface area contributed by atoms with Gasteiger partial charge in [0.05, 0.1) is 12.2 Å². The molecule has 18 heavy (non-hydrogen) atoms. The van der Waals surface area contributed by atoms with E-state index in [1.807, 2.05) is 38.5 Å². The lowest BCUT2D eigenvalue weighted by Gasteiger charge is -2.09. The van der Waals surface area contributed by atoms with Crippen molar-refractivity contribution in [1.82, 2.24) is 9.88 Å². The maximum absolute atomic E-state index is 11.8. The fourth-order valence-corrected chi connectivity index (χ4v) is 1.81. The van der Waals surface area contributed by atoms with Gasteiger partial charge in [0.15, 0.2) is 0 Å². The van der Waals surface area contributed by atoms with Crippen molar-refractivity contribution < 1.29 is 9.53 Å². The lowest BCUT2D eigenvalue weighted by molar-refractivity contribution is 0.0493. The average molecular weight is 246 g/mol. The van der Waals surface area contributed by atoms with E-state index >= 15 is 0 Å². The zero-order chi connectivity index (χ0) is 13.0. The average Bonchev–Trinajstić information content (AvgIpc) is 2.81. The number of esters is 1. The van der Waals surface area contributed by atoms with Gasteiger partial charge in [0.1, 0.15) is 0 Å². The highest BCUT2D eigenvalue weighted by Gasteiger charge is 2.07. The van der Waals surface area contributed by atoms with Gasteiger partial charge in [-0.1, -0.05) is 0 Å². The second-order valence-corrected chi connectivity index (χ2v) is 4.57. The van der Waals surface area contributed by atoms with E-state index in [2.05, 4.69) is 9.88 Å². The summed E-state index contributed by atoms with van der Waals surface area (Å²) >= 11 is 0. The highest BCUT2D eigenvalue weighted by atomic mass is 16.5. The Hall–Kier alpha value is -1.81. The van der Waals surface area contributed by atoms with Crippen molar-refractivity contribution in [3.8, 4) is 0 Å². The molecular formula is C14H18N2O2. The first-order chi connectivity index (χ1) is 8.66. The molecule has 0 spiro atoms. The van der Waals surface area contributed by atoms with Crippen LogP contribution < -0.4 is 0 Å². The number of benzene rings is 1. The normalized spacial score (nSPS) is 11.1. The molecule has 0 atom stereocenters. The van der Waals surface area contributed by atoms with Gasteiger partial charge in [-0.3, -0.25) is 0 Å². The van der Waals surface area contributed by atoms with E-state index < -0.39 is 0 Å². The molecule has 0 aliphatic rings. The number of nitrogens with zero attached hydrogens (tertiary/aromatic N) is 1. The molecule has 0 saturated carbocycles. The summed E-state index contributed by atoms with van der Waals surface area (Å²) in [6.45, 7) is 1.38. The summed E-state index contributed by atoms with van der Waals surface area (Å²) in [5.74, 6) is -0.253. The Labute approximate surface area is 107 Å². The van der Waals surface area contributed by atoms with Gasteiger partial charge < -0.3 is 14.6 Å². The maximum atomic E-state index is 11.8. The Kier molecular flexibility index (Phi) is 3.99. The third-order valence-electron chi connectivity index (χ3n) is 2.77. The Morgan fingerprint density at radius 1 is 1.33 bits per heavy atom. The van der Waals surface area contributed by atoms with Gasteiger partial charge in [0, 0.05) is 23.6 Å². The molecular weight excluding hydrogens is 228 g/mol. The van der Waals surface area contributed by atoms with Crippen LogP contribution in [0.4, 0.5) is 0 Å². The van der Waals surface area contributed by atoms with Crippen molar-refractivity contribution >= 4 is 16.9 Å². The predicted octanol–water partition coefficient (Wildman–Crippen LogP) is 2.28. The number of nitrogens with one attached hydrogen (secondary N) is 1. The fraction of sp³-hybridized carbons (Fsp3) is 0.357. The molecule has 1 aromatic carbocycles. The molecule has 0 amide bonds. The largest absolute Gasteiger partial charge is 0.462 e. The van der Waals surface area contributed by atoms with E-state index in [0.29, 0.717) is 12.2 Å². The number of carbonyl (C=O) groups is 1. The molecule has 0 aliphatic carbocycles. The summed E-state index contributed by atoms with van der Waals surface area (Å²) in [5, 5.41) is 1.03. The monoisotopic (exact) mass is 246 g/mol. The molecule has 4 nitrogen and oxygen atoms in total. The van der Waals surface area contributed by atoms with Crippen LogP contribution in [0.15, 0.2) is 30.5 Å². The SMILES string of the molecule is CN(C)CCCOC(=O)c1ccc2[nH]ccc2c1. The standard InChI is InChI=1S/C14H18N2O2/c1-16(2)8-3-9-18-14(17)12-4-5-13-11(10-12)6-7-15-13/h4-7,10,15H,3,8-9H2,1-2H3. The predicted molar refractivity (Wildman–Crippen MR) is 71.8 cm³/mol. The van der Waals surface area contributed by atoms with Crippen molar-refractivity contribution in [1.29, 1.82) is 0 Å². The molecule has 0 aliphatic heterocycles. The number of carbonyl (C=O) groups excluding carboxylic acids is 1. The Balaban J connectivity index is 1.92. The molecule has 1 heterocycles. The van der Waals surface area contributed by atoms with Crippen LogP contribution in [0.25, 0.3) is 10.9 Å². The summed E-state index contributed by atoms with van der Waals surface area (Å²) in [6, 6.07) is 7.47.